The van der Waals surface area contributed by atoms with Gasteiger partial charge in [-0.1, -0.05) is 6.92 Å². The zero-order chi connectivity index (χ0) is 15.6. The molecule has 4 atom stereocenters. The van der Waals surface area contributed by atoms with Crippen molar-refractivity contribution in [2.45, 2.75) is 84.0 Å². The lowest BCUT2D eigenvalue weighted by Gasteiger charge is -2.45. The first-order chi connectivity index (χ1) is 9.78. The van der Waals surface area contributed by atoms with Crippen LogP contribution in [0.3, 0.4) is 0 Å². The Bertz CT molecular complexity index is 364. The molecule has 4 nitrogen and oxygen atoms in total. The van der Waals surface area contributed by atoms with Crippen LogP contribution in [0.25, 0.3) is 0 Å². The Morgan fingerprint density at radius 2 is 1.90 bits per heavy atom. The molecule has 1 heterocycles. The lowest BCUT2D eigenvalue weighted by Crippen LogP contribution is -2.52. The number of piperidine rings is 1. The molecule has 0 radical (unpaired) electrons. The first-order valence-corrected chi connectivity index (χ1v) is 8.45. The quantitative estimate of drug-likeness (QED) is 0.805. The second kappa shape index (κ2) is 6.55. The van der Waals surface area contributed by atoms with Crippen LogP contribution < -0.4 is 0 Å². The Labute approximate surface area is 128 Å². The van der Waals surface area contributed by atoms with Crippen LogP contribution in [-0.2, 0) is 4.74 Å². The molecule has 1 aliphatic heterocycles. The summed E-state index contributed by atoms with van der Waals surface area (Å²) < 4.78 is 5.57. The van der Waals surface area contributed by atoms with E-state index in [2.05, 4.69) is 6.92 Å². The fraction of sp³-hybridized carbons (Fsp3) is 0.941. The molecule has 1 amide bonds. The number of hydrogen-bond acceptors (Lipinski definition) is 3. The molecule has 2 fully saturated rings. The van der Waals surface area contributed by atoms with E-state index < -0.39 is 5.60 Å². The molecule has 1 aliphatic carbocycles. The first-order valence-electron chi connectivity index (χ1n) is 8.45. The predicted octanol–water partition coefficient (Wildman–Crippen LogP) is 3.57. The van der Waals surface area contributed by atoms with Gasteiger partial charge in [-0.25, -0.2) is 4.79 Å². The Morgan fingerprint density at radius 1 is 1.19 bits per heavy atom. The molecule has 4 unspecified atom stereocenters. The van der Waals surface area contributed by atoms with Gasteiger partial charge in [0.1, 0.15) is 5.60 Å². The summed E-state index contributed by atoms with van der Waals surface area (Å²) in [5, 5.41) is 10.4. The van der Waals surface area contributed by atoms with E-state index in [0.29, 0.717) is 5.92 Å². The van der Waals surface area contributed by atoms with Gasteiger partial charge in [0.2, 0.25) is 0 Å². The summed E-state index contributed by atoms with van der Waals surface area (Å²) in [4.78, 5) is 14.4. The number of carbonyl (C=O) groups excluding carboxylic acids is 1. The molecule has 2 rings (SSSR count). The van der Waals surface area contributed by atoms with E-state index >= 15 is 0 Å². The number of nitrogens with zero attached hydrogens (tertiary/aromatic N) is 1. The summed E-state index contributed by atoms with van der Waals surface area (Å²) in [6, 6.07) is 0.145. The second-order valence-corrected chi connectivity index (χ2v) is 7.89. The average Bonchev–Trinajstić information content (AvgIpc) is 2.39. The van der Waals surface area contributed by atoms with Crippen molar-refractivity contribution in [2.75, 3.05) is 6.54 Å². The molecule has 122 valence electrons. The van der Waals surface area contributed by atoms with Gasteiger partial charge in [0.15, 0.2) is 0 Å². The fourth-order valence-electron chi connectivity index (χ4n) is 3.77. The minimum Gasteiger partial charge on any atom is -0.444 e. The molecule has 1 saturated heterocycles. The summed E-state index contributed by atoms with van der Waals surface area (Å²) in [6.45, 7) is 8.72. The minimum atomic E-state index is -0.461. The number of aliphatic hydroxyl groups excluding tert-OH is 1. The molecule has 0 aromatic heterocycles. The van der Waals surface area contributed by atoms with E-state index in [1.807, 2.05) is 25.7 Å². The van der Waals surface area contributed by atoms with Gasteiger partial charge in [0, 0.05) is 18.5 Å². The highest BCUT2D eigenvalue weighted by Crippen LogP contribution is 2.37. The van der Waals surface area contributed by atoms with Crippen LogP contribution in [-0.4, -0.2) is 40.4 Å². The Balaban J connectivity index is 2.09. The Hall–Kier alpha value is -0.770. The van der Waals surface area contributed by atoms with E-state index in [1.54, 1.807) is 0 Å². The molecule has 1 saturated carbocycles. The van der Waals surface area contributed by atoms with Crippen LogP contribution in [0.1, 0.15) is 66.2 Å². The number of rotatable bonds is 1. The predicted molar refractivity (Wildman–Crippen MR) is 83.1 cm³/mol. The summed E-state index contributed by atoms with van der Waals surface area (Å²) in [7, 11) is 0. The van der Waals surface area contributed by atoms with Crippen LogP contribution in [0.4, 0.5) is 4.79 Å². The Kier molecular flexibility index (Phi) is 5.18. The van der Waals surface area contributed by atoms with Crippen molar-refractivity contribution in [3.05, 3.63) is 0 Å². The van der Waals surface area contributed by atoms with Crippen LogP contribution in [0, 0.1) is 11.8 Å². The van der Waals surface area contributed by atoms with E-state index in [-0.39, 0.29) is 24.2 Å². The number of carbonyl (C=O) groups is 1. The van der Waals surface area contributed by atoms with E-state index in [4.69, 9.17) is 4.74 Å². The van der Waals surface area contributed by atoms with Gasteiger partial charge in [-0.2, -0.15) is 0 Å². The highest BCUT2D eigenvalue weighted by atomic mass is 16.6. The lowest BCUT2D eigenvalue weighted by atomic mass is 9.74. The summed E-state index contributed by atoms with van der Waals surface area (Å²) >= 11 is 0. The summed E-state index contributed by atoms with van der Waals surface area (Å²) in [6.07, 6.45) is 5.67. The maximum absolute atomic E-state index is 12.5. The third kappa shape index (κ3) is 4.35. The van der Waals surface area contributed by atoms with Gasteiger partial charge in [0.05, 0.1) is 6.10 Å². The largest absolute Gasteiger partial charge is 0.444 e. The first kappa shape index (κ1) is 16.6. The number of likely N-dealkylation sites (tertiary alicyclic amines) is 1. The van der Waals surface area contributed by atoms with Crippen molar-refractivity contribution in [1.29, 1.82) is 0 Å². The van der Waals surface area contributed by atoms with Crippen molar-refractivity contribution in [3.63, 3.8) is 0 Å². The Morgan fingerprint density at radius 3 is 2.57 bits per heavy atom. The van der Waals surface area contributed by atoms with Gasteiger partial charge in [0.25, 0.3) is 0 Å². The number of hydrogen-bond donors (Lipinski definition) is 1. The number of aliphatic hydroxyl groups is 1. The van der Waals surface area contributed by atoms with Gasteiger partial charge >= 0.3 is 6.09 Å². The van der Waals surface area contributed by atoms with Gasteiger partial charge < -0.3 is 14.7 Å². The SMILES string of the molecule is CC1CCC(O)C(C2CCCCN2C(=O)OC(C)(C)C)C1. The minimum absolute atomic E-state index is 0.145. The molecule has 4 heteroatoms. The number of amides is 1. The normalized spacial score (nSPS) is 34.6. The molecule has 0 spiro atoms. The third-order valence-electron chi connectivity index (χ3n) is 4.80. The van der Waals surface area contributed by atoms with Crippen molar-refractivity contribution >= 4 is 6.09 Å². The van der Waals surface area contributed by atoms with Crippen molar-refractivity contribution < 1.29 is 14.6 Å². The second-order valence-electron chi connectivity index (χ2n) is 7.89. The fourth-order valence-corrected chi connectivity index (χ4v) is 3.77. The number of ether oxygens (including phenoxy) is 1. The molecule has 0 aromatic rings. The smallest absolute Gasteiger partial charge is 0.410 e. The molecule has 2 aliphatic rings. The molecule has 21 heavy (non-hydrogen) atoms. The van der Waals surface area contributed by atoms with Crippen molar-refractivity contribution in [2.24, 2.45) is 11.8 Å². The van der Waals surface area contributed by atoms with Crippen molar-refractivity contribution in [3.8, 4) is 0 Å². The third-order valence-corrected chi connectivity index (χ3v) is 4.80. The van der Waals surface area contributed by atoms with Crippen LogP contribution in [0.5, 0.6) is 0 Å². The van der Waals surface area contributed by atoms with E-state index in [0.717, 1.165) is 45.1 Å². The van der Waals surface area contributed by atoms with Crippen LogP contribution in [0.2, 0.25) is 0 Å². The molecule has 0 aromatic carbocycles. The zero-order valence-corrected chi connectivity index (χ0v) is 14.0. The molecule has 1 N–H and O–H groups in total. The highest BCUT2D eigenvalue weighted by molar-refractivity contribution is 5.68. The molecule has 0 bridgehead atoms. The standard InChI is InChI=1S/C17H31NO3/c1-12-8-9-15(19)13(11-12)14-7-5-6-10-18(14)16(20)21-17(2,3)4/h12-15,19H,5-11H2,1-4H3. The monoisotopic (exact) mass is 297 g/mol. The lowest BCUT2D eigenvalue weighted by molar-refractivity contribution is -0.0336. The summed E-state index contributed by atoms with van der Waals surface area (Å²) in [5.41, 5.74) is -0.461. The highest BCUT2D eigenvalue weighted by Gasteiger charge is 2.40. The maximum atomic E-state index is 12.5. The van der Waals surface area contributed by atoms with Gasteiger partial charge in [-0.15, -0.1) is 0 Å². The topological polar surface area (TPSA) is 49.8 Å². The van der Waals surface area contributed by atoms with E-state index in [1.165, 1.54) is 0 Å². The van der Waals surface area contributed by atoms with Gasteiger partial charge in [-0.05, 0) is 65.2 Å². The van der Waals surface area contributed by atoms with Crippen molar-refractivity contribution in [1.82, 2.24) is 4.90 Å². The summed E-state index contributed by atoms with van der Waals surface area (Å²) in [5.74, 6) is 0.849. The average molecular weight is 297 g/mol. The zero-order valence-electron chi connectivity index (χ0n) is 14.0. The molecular weight excluding hydrogens is 266 g/mol. The van der Waals surface area contributed by atoms with Crippen LogP contribution >= 0.6 is 0 Å². The maximum Gasteiger partial charge on any atom is 0.410 e. The van der Waals surface area contributed by atoms with Gasteiger partial charge in [-0.3, -0.25) is 0 Å². The van der Waals surface area contributed by atoms with Crippen LogP contribution in [0.15, 0.2) is 0 Å². The van der Waals surface area contributed by atoms with E-state index in [9.17, 15) is 9.90 Å². The molecular formula is C17H31NO3.